The van der Waals surface area contributed by atoms with Crippen molar-refractivity contribution in [3.8, 4) is 10.7 Å². The number of hydrogen-bond donors (Lipinski definition) is 0. The van der Waals surface area contributed by atoms with Crippen LogP contribution in [0.2, 0.25) is 0 Å². The predicted molar refractivity (Wildman–Crippen MR) is 74.7 cm³/mol. The molecule has 4 heteroatoms. The first-order valence-corrected chi connectivity index (χ1v) is 6.80. The molecule has 0 N–H and O–H groups in total. The average molecular weight is 255 g/mol. The second kappa shape index (κ2) is 4.46. The van der Waals surface area contributed by atoms with Gasteiger partial charge in [0.2, 0.25) is 0 Å². The fraction of sp³-hybridized carbons (Fsp3) is 0.214. The maximum atomic E-state index is 4.73. The number of benzene rings is 1. The van der Waals surface area contributed by atoms with Crippen molar-refractivity contribution in [3.63, 3.8) is 0 Å². The third kappa shape index (κ3) is 1.88. The van der Waals surface area contributed by atoms with E-state index in [2.05, 4.69) is 18.8 Å². The summed E-state index contributed by atoms with van der Waals surface area (Å²) >= 11 is 1.60. The number of thiazole rings is 1. The van der Waals surface area contributed by atoms with Crippen LogP contribution >= 0.6 is 11.3 Å². The minimum atomic E-state index is 0.334. The molecule has 3 aromatic rings. The predicted octanol–water partition coefficient (Wildman–Crippen LogP) is 3.88. The number of nitrogens with zero attached hydrogens (tertiary/aromatic N) is 3. The summed E-state index contributed by atoms with van der Waals surface area (Å²) < 4.78 is 0. The van der Waals surface area contributed by atoms with E-state index in [4.69, 9.17) is 9.97 Å². The molecule has 0 fully saturated rings. The quantitative estimate of drug-likeness (QED) is 0.697. The van der Waals surface area contributed by atoms with Crippen LogP contribution < -0.4 is 0 Å². The van der Waals surface area contributed by atoms with E-state index in [9.17, 15) is 0 Å². The zero-order valence-corrected chi connectivity index (χ0v) is 11.1. The van der Waals surface area contributed by atoms with E-state index in [1.54, 1.807) is 17.5 Å². The van der Waals surface area contributed by atoms with Gasteiger partial charge in [-0.2, -0.15) is 0 Å². The fourth-order valence-corrected chi connectivity index (χ4v) is 2.55. The standard InChI is InChI=1S/C14H13N3S/c1-9(2)12-13(14-15-7-8-18-14)17-11-6-4-3-5-10(11)16-12/h3-9H,1-2H3. The molecule has 0 aliphatic rings. The van der Waals surface area contributed by atoms with Crippen molar-refractivity contribution in [2.75, 3.05) is 0 Å². The molecule has 0 saturated heterocycles. The summed E-state index contributed by atoms with van der Waals surface area (Å²) in [6.07, 6.45) is 1.81. The number of fused-ring (bicyclic) bond motifs is 1. The lowest BCUT2D eigenvalue weighted by Gasteiger charge is -2.10. The molecule has 0 radical (unpaired) electrons. The molecule has 3 nitrogen and oxygen atoms in total. The van der Waals surface area contributed by atoms with Gasteiger partial charge in [0.15, 0.2) is 0 Å². The Bertz CT molecular complexity index is 675. The van der Waals surface area contributed by atoms with Gasteiger partial charge in [0, 0.05) is 11.6 Å². The number of rotatable bonds is 2. The zero-order valence-electron chi connectivity index (χ0n) is 10.3. The van der Waals surface area contributed by atoms with Gasteiger partial charge in [0.25, 0.3) is 0 Å². The number of aromatic nitrogens is 3. The number of hydrogen-bond acceptors (Lipinski definition) is 4. The van der Waals surface area contributed by atoms with E-state index >= 15 is 0 Å². The first-order chi connectivity index (χ1) is 8.75. The first kappa shape index (κ1) is 11.3. The maximum Gasteiger partial charge on any atom is 0.143 e. The van der Waals surface area contributed by atoms with Crippen LogP contribution in [0.4, 0.5) is 0 Å². The van der Waals surface area contributed by atoms with Gasteiger partial charge in [0.05, 0.1) is 16.7 Å². The van der Waals surface area contributed by atoms with Gasteiger partial charge in [-0.25, -0.2) is 15.0 Å². The summed E-state index contributed by atoms with van der Waals surface area (Å²) in [5.41, 5.74) is 3.80. The molecule has 2 heterocycles. The second-order valence-corrected chi connectivity index (χ2v) is 5.33. The topological polar surface area (TPSA) is 38.7 Å². The van der Waals surface area contributed by atoms with Crippen LogP contribution in [-0.4, -0.2) is 15.0 Å². The molecule has 0 unspecified atom stereocenters. The monoisotopic (exact) mass is 255 g/mol. The van der Waals surface area contributed by atoms with Crippen molar-refractivity contribution in [1.29, 1.82) is 0 Å². The lowest BCUT2D eigenvalue weighted by Crippen LogP contribution is -2.00. The van der Waals surface area contributed by atoms with Gasteiger partial charge in [-0.15, -0.1) is 11.3 Å². The molecule has 2 aromatic heterocycles. The van der Waals surface area contributed by atoms with Crippen molar-refractivity contribution >= 4 is 22.4 Å². The van der Waals surface area contributed by atoms with Crippen molar-refractivity contribution < 1.29 is 0 Å². The SMILES string of the molecule is CC(C)c1nc2ccccc2nc1-c1nccs1. The molecule has 3 rings (SSSR count). The van der Waals surface area contributed by atoms with Gasteiger partial charge in [-0.05, 0) is 18.1 Å². The van der Waals surface area contributed by atoms with E-state index in [1.807, 2.05) is 29.6 Å². The van der Waals surface area contributed by atoms with Gasteiger partial charge >= 0.3 is 0 Å². The van der Waals surface area contributed by atoms with E-state index in [-0.39, 0.29) is 0 Å². The lowest BCUT2D eigenvalue weighted by molar-refractivity contribution is 0.825. The first-order valence-electron chi connectivity index (χ1n) is 5.92. The molecule has 0 aliphatic carbocycles. The summed E-state index contributed by atoms with van der Waals surface area (Å²) in [5.74, 6) is 0.334. The largest absolute Gasteiger partial charge is 0.249 e. The van der Waals surface area contributed by atoms with Crippen molar-refractivity contribution in [2.45, 2.75) is 19.8 Å². The summed E-state index contributed by atoms with van der Waals surface area (Å²) in [6, 6.07) is 7.96. The normalized spacial score (nSPS) is 11.3. The van der Waals surface area contributed by atoms with Crippen molar-refractivity contribution in [3.05, 3.63) is 41.5 Å². The molecule has 0 amide bonds. The highest BCUT2D eigenvalue weighted by atomic mass is 32.1. The van der Waals surface area contributed by atoms with Gasteiger partial charge in [-0.3, -0.25) is 0 Å². The van der Waals surface area contributed by atoms with Gasteiger partial charge in [-0.1, -0.05) is 26.0 Å². The highest BCUT2D eigenvalue weighted by Gasteiger charge is 2.15. The molecular weight excluding hydrogens is 242 g/mol. The minimum absolute atomic E-state index is 0.334. The minimum Gasteiger partial charge on any atom is -0.249 e. The maximum absolute atomic E-state index is 4.73. The van der Waals surface area contributed by atoms with E-state index in [0.29, 0.717) is 5.92 Å². The molecule has 1 aromatic carbocycles. The zero-order chi connectivity index (χ0) is 12.5. The van der Waals surface area contributed by atoms with Crippen LogP contribution in [0.25, 0.3) is 21.7 Å². The Kier molecular flexibility index (Phi) is 2.80. The molecular formula is C14H13N3S. The van der Waals surface area contributed by atoms with Crippen LogP contribution in [0.15, 0.2) is 35.8 Å². The molecule has 0 aliphatic heterocycles. The molecule has 0 bridgehead atoms. The Balaban J connectivity index is 2.31. The molecule has 0 saturated carbocycles. The summed E-state index contributed by atoms with van der Waals surface area (Å²) in [6.45, 7) is 4.27. The highest BCUT2D eigenvalue weighted by molar-refractivity contribution is 7.13. The van der Waals surface area contributed by atoms with Crippen LogP contribution in [0, 0.1) is 0 Å². The fourth-order valence-electron chi connectivity index (χ4n) is 1.91. The summed E-state index contributed by atoms with van der Waals surface area (Å²) in [4.78, 5) is 13.8. The lowest BCUT2D eigenvalue weighted by atomic mass is 10.1. The molecule has 0 atom stereocenters. The Hall–Kier alpha value is -1.81. The van der Waals surface area contributed by atoms with Crippen LogP contribution in [0.5, 0.6) is 0 Å². The smallest absolute Gasteiger partial charge is 0.143 e. The van der Waals surface area contributed by atoms with E-state index in [0.717, 1.165) is 27.4 Å². The average Bonchev–Trinajstić information content (AvgIpc) is 2.91. The third-order valence-electron chi connectivity index (χ3n) is 2.78. The van der Waals surface area contributed by atoms with E-state index in [1.165, 1.54) is 0 Å². The Morgan fingerprint density at radius 2 is 1.78 bits per heavy atom. The molecule has 0 spiro atoms. The number of para-hydroxylation sites is 2. The van der Waals surface area contributed by atoms with Crippen molar-refractivity contribution in [1.82, 2.24) is 15.0 Å². The Morgan fingerprint density at radius 3 is 2.39 bits per heavy atom. The van der Waals surface area contributed by atoms with Gasteiger partial charge in [0.1, 0.15) is 10.7 Å². The molecule has 90 valence electrons. The Morgan fingerprint density at radius 1 is 1.06 bits per heavy atom. The van der Waals surface area contributed by atoms with Crippen LogP contribution in [0.3, 0.4) is 0 Å². The van der Waals surface area contributed by atoms with Crippen LogP contribution in [-0.2, 0) is 0 Å². The van der Waals surface area contributed by atoms with Crippen molar-refractivity contribution in [2.24, 2.45) is 0 Å². The summed E-state index contributed by atoms with van der Waals surface area (Å²) in [7, 11) is 0. The molecule has 18 heavy (non-hydrogen) atoms. The van der Waals surface area contributed by atoms with E-state index < -0.39 is 0 Å². The Labute approximate surface area is 110 Å². The van der Waals surface area contributed by atoms with Crippen LogP contribution in [0.1, 0.15) is 25.5 Å². The van der Waals surface area contributed by atoms with Gasteiger partial charge < -0.3 is 0 Å². The summed E-state index contributed by atoms with van der Waals surface area (Å²) in [5, 5.41) is 2.91. The highest BCUT2D eigenvalue weighted by Crippen LogP contribution is 2.29. The second-order valence-electron chi connectivity index (χ2n) is 4.44. The third-order valence-corrected chi connectivity index (χ3v) is 3.56.